The van der Waals surface area contributed by atoms with Gasteiger partial charge in [-0.05, 0) is 126 Å². The van der Waals surface area contributed by atoms with Crippen molar-refractivity contribution in [1.29, 1.82) is 0 Å². The van der Waals surface area contributed by atoms with Gasteiger partial charge in [-0.15, -0.1) is 0 Å². The molecule has 0 saturated carbocycles. The number of hydrogen-bond acceptors (Lipinski definition) is 2. The molecule has 7 aromatic carbocycles. The molecule has 0 amide bonds. The van der Waals surface area contributed by atoms with Gasteiger partial charge in [0.15, 0.2) is 0 Å². The van der Waals surface area contributed by atoms with Gasteiger partial charge in [0.25, 0.3) is 0 Å². The molecular formula is C48H38O2. The first-order valence-corrected chi connectivity index (χ1v) is 17.4. The van der Waals surface area contributed by atoms with E-state index >= 15 is 0 Å². The van der Waals surface area contributed by atoms with Crippen molar-refractivity contribution in [3.63, 3.8) is 0 Å². The topological polar surface area (TPSA) is 18.5 Å². The molecule has 12 bridgehead atoms. The summed E-state index contributed by atoms with van der Waals surface area (Å²) in [7, 11) is 3.53. The normalized spacial score (nSPS) is 19.4. The van der Waals surface area contributed by atoms with Gasteiger partial charge in [-0.2, -0.15) is 0 Å². The Morgan fingerprint density at radius 2 is 0.740 bits per heavy atom. The molecule has 242 valence electrons. The Bertz CT molecular complexity index is 2230. The molecule has 0 N–H and O–H groups in total. The minimum absolute atomic E-state index is 0.664. The Morgan fingerprint density at radius 1 is 0.400 bits per heavy atom. The van der Waals surface area contributed by atoms with E-state index in [4.69, 9.17) is 9.47 Å². The number of fused-ring (bicyclic) bond motifs is 1. The number of benzene rings is 7. The third-order valence-corrected chi connectivity index (χ3v) is 10.9. The highest BCUT2D eigenvalue weighted by atomic mass is 16.5. The summed E-state index contributed by atoms with van der Waals surface area (Å²) in [6.07, 6.45) is 10.2. The van der Waals surface area contributed by atoms with Crippen molar-refractivity contribution in [1.82, 2.24) is 0 Å². The summed E-state index contributed by atoms with van der Waals surface area (Å²) in [5.41, 5.74) is 10.9. The lowest BCUT2D eigenvalue weighted by Gasteiger charge is -2.36. The Morgan fingerprint density at radius 3 is 1.08 bits per heavy atom. The predicted molar refractivity (Wildman–Crippen MR) is 206 cm³/mol. The first-order valence-electron chi connectivity index (χ1n) is 17.4. The van der Waals surface area contributed by atoms with E-state index in [1.54, 1.807) is 14.2 Å². The van der Waals surface area contributed by atoms with Gasteiger partial charge in [0, 0.05) is 14.2 Å². The molecular weight excluding hydrogens is 609 g/mol. The zero-order chi connectivity index (χ0) is 33.7. The van der Waals surface area contributed by atoms with Crippen LogP contribution in [-0.2, 0) is 33.5 Å². The summed E-state index contributed by atoms with van der Waals surface area (Å²) in [6, 6.07) is 53.8. The zero-order valence-electron chi connectivity index (χ0n) is 28.4. The van der Waals surface area contributed by atoms with Gasteiger partial charge < -0.3 is 9.47 Å². The van der Waals surface area contributed by atoms with E-state index in [0.717, 1.165) is 24.0 Å². The SMILES string of the molecule is COC12C=CC(OC)(C=C1)c1ccc(cc1)Cc1ccc(cc1)-c1ccc(c3cc4ccccc4cc13)-c1ccc(cc1)Cc1ccc2cc1. The van der Waals surface area contributed by atoms with Crippen molar-refractivity contribution in [2.45, 2.75) is 24.0 Å². The Labute approximate surface area is 294 Å². The van der Waals surface area contributed by atoms with Crippen LogP contribution in [0.3, 0.4) is 0 Å². The molecule has 7 aromatic rings. The van der Waals surface area contributed by atoms with E-state index in [1.807, 2.05) is 0 Å². The highest BCUT2D eigenvalue weighted by Crippen LogP contribution is 2.41. The molecule has 50 heavy (non-hydrogen) atoms. The number of ether oxygens (including phenoxy) is 2. The molecule has 0 heterocycles. The van der Waals surface area contributed by atoms with Crippen LogP contribution in [-0.4, -0.2) is 14.2 Å². The average molecular weight is 647 g/mol. The van der Waals surface area contributed by atoms with Crippen LogP contribution in [0.5, 0.6) is 0 Å². The summed E-state index contributed by atoms with van der Waals surface area (Å²) in [4.78, 5) is 0. The summed E-state index contributed by atoms with van der Waals surface area (Å²) < 4.78 is 12.3. The lowest BCUT2D eigenvalue weighted by atomic mass is 9.80. The van der Waals surface area contributed by atoms with E-state index in [0.29, 0.717) is 0 Å². The fraction of sp³-hybridized carbons (Fsp3) is 0.125. The maximum atomic E-state index is 6.17. The number of hydrogen-bond donors (Lipinski definition) is 0. The zero-order valence-corrected chi connectivity index (χ0v) is 28.4. The minimum atomic E-state index is -0.664. The third kappa shape index (κ3) is 5.20. The van der Waals surface area contributed by atoms with E-state index < -0.39 is 11.2 Å². The monoisotopic (exact) mass is 646 g/mol. The van der Waals surface area contributed by atoms with Crippen molar-refractivity contribution in [3.05, 3.63) is 203 Å². The second-order valence-corrected chi connectivity index (χ2v) is 13.7. The highest BCUT2D eigenvalue weighted by Gasteiger charge is 2.36. The van der Waals surface area contributed by atoms with Gasteiger partial charge in [0.05, 0.1) is 0 Å². The molecule has 18 rings (SSSR count). The maximum Gasteiger partial charge on any atom is 0.129 e. The van der Waals surface area contributed by atoms with E-state index in [1.165, 1.54) is 66.1 Å². The number of rotatable bonds is 2. The van der Waals surface area contributed by atoms with Crippen LogP contribution in [0.2, 0.25) is 0 Å². The molecule has 0 aromatic heterocycles. The van der Waals surface area contributed by atoms with Crippen molar-refractivity contribution in [2.75, 3.05) is 14.2 Å². The fourth-order valence-corrected chi connectivity index (χ4v) is 7.88. The van der Waals surface area contributed by atoms with Crippen LogP contribution < -0.4 is 0 Å². The van der Waals surface area contributed by atoms with Gasteiger partial charge in [-0.3, -0.25) is 0 Å². The van der Waals surface area contributed by atoms with E-state index in [9.17, 15) is 0 Å². The summed E-state index contributed by atoms with van der Waals surface area (Å²) in [6.45, 7) is 0. The van der Waals surface area contributed by atoms with Gasteiger partial charge in [0.2, 0.25) is 0 Å². The van der Waals surface area contributed by atoms with Crippen molar-refractivity contribution < 1.29 is 9.47 Å². The molecule has 11 aliphatic rings. The predicted octanol–water partition coefficient (Wildman–Crippen LogP) is 11.3. The second kappa shape index (κ2) is 12.1. The molecule has 0 spiro atoms. The molecule has 2 heteroatoms. The summed E-state index contributed by atoms with van der Waals surface area (Å²) in [5.74, 6) is 0. The Balaban J connectivity index is 1.18. The molecule has 0 aliphatic heterocycles. The maximum absolute atomic E-state index is 6.17. The Hall–Kier alpha value is -5.54. The van der Waals surface area contributed by atoms with Crippen molar-refractivity contribution in [2.24, 2.45) is 0 Å². The van der Waals surface area contributed by atoms with Gasteiger partial charge in [0.1, 0.15) is 11.2 Å². The van der Waals surface area contributed by atoms with Crippen LogP contribution in [0.1, 0.15) is 33.4 Å². The molecule has 11 aliphatic carbocycles. The molecule has 0 radical (unpaired) electrons. The molecule has 0 fully saturated rings. The summed E-state index contributed by atoms with van der Waals surface area (Å²) in [5, 5.41) is 5.05. The third-order valence-electron chi connectivity index (χ3n) is 10.9. The van der Waals surface area contributed by atoms with Gasteiger partial charge >= 0.3 is 0 Å². The largest absolute Gasteiger partial charge is 0.365 e. The minimum Gasteiger partial charge on any atom is -0.365 e. The fourth-order valence-electron chi connectivity index (χ4n) is 7.88. The van der Waals surface area contributed by atoms with Crippen LogP contribution in [0, 0.1) is 0 Å². The van der Waals surface area contributed by atoms with E-state index in [2.05, 4.69) is 170 Å². The lowest BCUT2D eigenvalue weighted by molar-refractivity contribution is 0.0421. The van der Waals surface area contributed by atoms with Crippen LogP contribution >= 0.6 is 0 Å². The quantitative estimate of drug-likeness (QED) is 0.137. The standard InChI is InChI=1S/C48H38O2/c1-49-47-25-27-48(50-2,28-26-47)42-21-13-36(14-22-42)30-34-9-17-38(18-10-34)44-24-23-43(45-31-39-5-3-4-6-40(39)32-46(44)45)37-15-7-33(8-16-37)29-35-11-19-41(47)20-12-35/h3-28,31-32H,29-30H2,1-2H3. The first kappa shape index (κ1) is 30.5. The number of methoxy groups -OCH3 is 2. The van der Waals surface area contributed by atoms with Crippen LogP contribution in [0.15, 0.2) is 170 Å². The highest BCUT2D eigenvalue weighted by molar-refractivity contribution is 6.10. The van der Waals surface area contributed by atoms with Crippen LogP contribution in [0.25, 0.3) is 43.8 Å². The van der Waals surface area contributed by atoms with Crippen molar-refractivity contribution in [3.8, 4) is 22.3 Å². The molecule has 2 nitrogen and oxygen atoms in total. The molecule has 0 unspecified atom stereocenters. The Kier molecular flexibility index (Phi) is 7.39. The van der Waals surface area contributed by atoms with Crippen molar-refractivity contribution >= 4 is 21.5 Å². The van der Waals surface area contributed by atoms with Gasteiger partial charge in [-0.25, -0.2) is 0 Å². The average Bonchev–Trinajstić information content (AvgIpc) is 3.18. The van der Waals surface area contributed by atoms with Crippen LogP contribution in [0.4, 0.5) is 0 Å². The van der Waals surface area contributed by atoms with E-state index in [-0.39, 0.29) is 0 Å². The van der Waals surface area contributed by atoms with Gasteiger partial charge in [-0.1, -0.05) is 133 Å². The smallest absolute Gasteiger partial charge is 0.129 e. The second-order valence-electron chi connectivity index (χ2n) is 13.7. The molecule has 0 atom stereocenters. The first-order chi connectivity index (χ1) is 24.5. The summed E-state index contributed by atoms with van der Waals surface area (Å²) >= 11 is 0. The lowest BCUT2D eigenvalue weighted by Crippen LogP contribution is -2.33. The molecule has 0 saturated heterocycles.